The average molecular weight is 260 g/mol. The van der Waals surface area contributed by atoms with Gasteiger partial charge in [-0.25, -0.2) is 0 Å². The molecular weight excluding hydrogens is 228 g/mol. The lowest BCUT2D eigenvalue weighted by molar-refractivity contribution is -0.0369. The maximum absolute atomic E-state index is 9.07. The van der Waals surface area contributed by atoms with E-state index in [4.69, 9.17) is 14.6 Å². The van der Waals surface area contributed by atoms with Gasteiger partial charge in [-0.15, -0.1) is 0 Å². The maximum Gasteiger partial charge on any atom is 0.0781 e. The molecule has 0 aromatic carbocycles. The Morgan fingerprint density at radius 3 is 2.11 bits per heavy atom. The van der Waals surface area contributed by atoms with Crippen molar-refractivity contribution in [2.45, 2.75) is 77.9 Å². The maximum atomic E-state index is 9.07. The predicted octanol–water partition coefficient (Wildman–Crippen LogP) is 3.54. The molecule has 0 aliphatic carbocycles. The summed E-state index contributed by atoms with van der Waals surface area (Å²) in [7, 11) is 0. The van der Waals surface area contributed by atoms with Gasteiger partial charge in [0, 0.05) is 6.61 Å². The van der Waals surface area contributed by atoms with E-state index in [-0.39, 0.29) is 6.10 Å². The Morgan fingerprint density at radius 1 is 0.889 bits per heavy atom. The number of hydrogen-bond donors (Lipinski definition) is 1. The number of aliphatic hydroxyl groups excluding tert-OH is 1. The Bertz CT molecular complexity index is 160. The van der Waals surface area contributed by atoms with Crippen LogP contribution in [0.3, 0.4) is 0 Å². The van der Waals surface area contributed by atoms with E-state index in [0.29, 0.717) is 13.2 Å². The second-order valence-electron chi connectivity index (χ2n) is 5.19. The summed E-state index contributed by atoms with van der Waals surface area (Å²) in [6.45, 7) is 7.80. The van der Waals surface area contributed by atoms with Crippen LogP contribution in [0.5, 0.6) is 0 Å². The van der Waals surface area contributed by atoms with Crippen molar-refractivity contribution in [1.29, 1.82) is 0 Å². The van der Waals surface area contributed by atoms with Crippen molar-refractivity contribution in [3.8, 4) is 0 Å². The van der Waals surface area contributed by atoms with Gasteiger partial charge in [0.1, 0.15) is 0 Å². The predicted molar refractivity (Wildman–Crippen MR) is 75.9 cm³/mol. The van der Waals surface area contributed by atoms with Gasteiger partial charge in [0.15, 0.2) is 0 Å². The lowest BCUT2D eigenvalue weighted by atomic mass is 10.1. The SMILES string of the molecule is CCCCCCCCCOCC(C)OCC(C)O. The highest BCUT2D eigenvalue weighted by Gasteiger charge is 2.04. The standard InChI is InChI=1S/C15H32O3/c1-4-5-6-7-8-9-10-11-17-13-15(3)18-12-14(2)16/h14-16H,4-13H2,1-3H3. The van der Waals surface area contributed by atoms with Crippen molar-refractivity contribution in [2.75, 3.05) is 19.8 Å². The minimum Gasteiger partial charge on any atom is -0.391 e. The monoisotopic (exact) mass is 260 g/mol. The minimum absolute atomic E-state index is 0.0733. The van der Waals surface area contributed by atoms with Crippen LogP contribution in [-0.4, -0.2) is 37.1 Å². The molecule has 110 valence electrons. The molecule has 0 bridgehead atoms. The van der Waals surface area contributed by atoms with Crippen LogP contribution < -0.4 is 0 Å². The summed E-state index contributed by atoms with van der Waals surface area (Å²) in [5, 5.41) is 9.07. The van der Waals surface area contributed by atoms with E-state index in [1.807, 2.05) is 6.92 Å². The van der Waals surface area contributed by atoms with Crippen molar-refractivity contribution < 1.29 is 14.6 Å². The molecule has 0 saturated carbocycles. The lowest BCUT2D eigenvalue weighted by Gasteiger charge is -2.14. The van der Waals surface area contributed by atoms with Crippen LogP contribution in [0.25, 0.3) is 0 Å². The van der Waals surface area contributed by atoms with Gasteiger partial charge >= 0.3 is 0 Å². The first kappa shape index (κ1) is 17.9. The van der Waals surface area contributed by atoms with Gasteiger partial charge in [0.05, 0.1) is 25.4 Å². The third kappa shape index (κ3) is 13.9. The van der Waals surface area contributed by atoms with Crippen LogP contribution in [0, 0.1) is 0 Å². The molecular formula is C15H32O3. The third-order valence-corrected chi connectivity index (χ3v) is 2.87. The molecule has 0 amide bonds. The summed E-state index contributed by atoms with van der Waals surface area (Å²) in [6.07, 6.45) is 8.85. The molecule has 3 heteroatoms. The zero-order chi connectivity index (χ0) is 13.6. The van der Waals surface area contributed by atoms with Crippen molar-refractivity contribution in [3.63, 3.8) is 0 Å². The molecule has 0 spiro atoms. The van der Waals surface area contributed by atoms with E-state index >= 15 is 0 Å². The van der Waals surface area contributed by atoms with Crippen LogP contribution in [0.4, 0.5) is 0 Å². The van der Waals surface area contributed by atoms with Crippen LogP contribution in [0.2, 0.25) is 0 Å². The largest absolute Gasteiger partial charge is 0.391 e. The molecule has 0 aliphatic heterocycles. The smallest absolute Gasteiger partial charge is 0.0781 e. The second kappa shape index (κ2) is 13.3. The number of rotatable bonds is 13. The molecule has 0 heterocycles. The Kier molecular flexibility index (Phi) is 13.2. The van der Waals surface area contributed by atoms with Gasteiger partial charge in [-0.05, 0) is 20.3 Å². The van der Waals surface area contributed by atoms with E-state index in [2.05, 4.69) is 6.92 Å². The summed E-state index contributed by atoms with van der Waals surface area (Å²) in [5.41, 5.74) is 0. The second-order valence-corrected chi connectivity index (χ2v) is 5.19. The fourth-order valence-corrected chi connectivity index (χ4v) is 1.76. The summed E-state index contributed by atoms with van der Waals surface area (Å²) in [4.78, 5) is 0. The van der Waals surface area contributed by atoms with Crippen molar-refractivity contribution in [1.82, 2.24) is 0 Å². The third-order valence-electron chi connectivity index (χ3n) is 2.87. The normalized spacial score (nSPS) is 14.7. The first-order valence-corrected chi connectivity index (χ1v) is 7.54. The fraction of sp³-hybridized carbons (Fsp3) is 1.00. The molecule has 0 aromatic rings. The summed E-state index contributed by atoms with van der Waals surface area (Å²) >= 11 is 0. The van der Waals surface area contributed by atoms with Gasteiger partial charge in [-0.3, -0.25) is 0 Å². The van der Waals surface area contributed by atoms with E-state index < -0.39 is 6.10 Å². The highest BCUT2D eigenvalue weighted by atomic mass is 16.5. The highest BCUT2D eigenvalue weighted by Crippen LogP contribution is 2.07. The molecule has 0 aromatic heterocycles. The van der Waals surface area contributed by atoms with E-state index in [9.17, 15) is 0 Å². The van der Waals surface area contributed by atoms with E-state index in [0.717, 1.165) is 13.0 Å². The zero-order valence-corrected chi connectivity index (χ0v) is 12.5. The van der Waals surface area contributed by atoms with E-state index in [1.165, 1.54) is 38.5 Å². The van der Waals surface area contributed by atoms with Crippen LogP contribution in [-0.2, 0) is 9.47 Å². The van der Waals surface area contributed by atoms with Gasteiger partial charge in [-0.1, -0.05) is 45.4 Å². The summed E-state index contributed by atoms with van der Waals surface area (Å²) in [5.74, 6) is 0. The number of hydrogen-bond acceptors (Lipinski definition) is 3. The highest BCUT2D eigenvalue weighted by molar-refractivity contribution is 4.51. The molecule has 0 saturated heterocycles. The zero-order valence-electron chi connectivity index (χ0n) is 12.5. The molecule has 2 atom stereocenters. The lowest BCUT2D eigenvalue weighted by Crippen LogP contribution is -2.21. The number of aliphatic hydroxyl groups is 1. The first-order valence-electron chi connectivity index (χ1n) is 7.54. The molecule has 0 rings (SSSR count). The Balaban J connectivity index is 3.10. The molecule has 1 N–H and O–H groups in total. The molecule has 0 fully saturated rings. The van der Waals surface area contributed by atoms with Gasteiger partial charge in [-0.2, -0.15) is 0 Å². The Hall–Kier alpha value is -0.120. The van der Waals surface area contributed by atoms with Crippen LogP contribution >= 0.6 is 0 Å². The van der Waals surface area contributed by atoms with Crippen molar-refractivity contribution in [3.05, 3.63) is 0 Å². The van der Waals surface area contributed by atoms with Crippen LogP contribution in [0.1, 0.15) is 65.7 Å². The van der Waals surface area contributed by atoms with Gasteiger partial charge in [0.25, 0.3) is 0 Å². The van der Waals surface area contributed by atoms with Gasteiger partial charge < -0.3 is 14.6 Å². The summed E-state index contributed by atoms with van der Waals surface area (Å²) < 4.78 is 10.9. The number of unbranched alkanes of at least 4 members (excludes halogenated alkanes) is 6. The Labute approximate surface area is 113 Å². The molecule has 0 radical (unpaired) electrons. The molecule has 2 unspecified atom stereocenters. The molecule has 0 aliphatic rings. The van der Waals surface area contributed by atoms with Gasteiger partial charge in [0.2, 0.25) is 0 Å². The van der Waals surface area contributed by atoms with Crippen molar-refractivity contribution >= 4 is 0 Å². The van der Waals surface area contributed by atoms with Crippen LogP contribution in [0.15, 0.2) is 0 Å². The number of ether oxygens (including phenoxy) is 2. The fourth-order valence-electron chi connectivity index (χ4n) is 1.76. The topological polar surface area (TPSA) is 38.7 Å². The Morgan fingerprint density at radius 2 is 1.50 bits per heavy atom. The van der Waals surface area contributed by atoms with E-state index in [1.54, 1.807) is 6.92 Å². The minimum atomic E-state index is -0.393. The molecule has 18 heavy (non-hydrogen) atoms. The average Bonchev–Trinajstić information content (AvgIpc) is 2.34. The molecule has 3 nitrogen and oxygen atoms in total. The summed E-state index contributed by atoms with van der Waals surface area (Å²) in [6, 6.07) is 0. The quantitative estimate of drug-likeness (QED) is 0.515. The first-order chi connectivity index (χ1) is 8.66. The van der Waals surface area contributed by atoms with Crippen molar-refractivity contribution in [2.24, 2.45) is 0 Å².